The predicted octanol–water partition coefficient (Wildman–Crippen LogP) is 2.46. The van der Waals surface area contributed by atoms with Crippen LogP contribution in [0, 0.1) is 5.82 Å². The van der Waals surface area contributed by atoms with E-state index in [1.54, 1.807) is 0 Å². The number of anilines is 1. The van der Waals surface area contributed by atoms with E-state index in [4.69, 9.17) is 0 Å². The molecular formula is C17H14F4N2O5S. The van der Waals surface area contributed by atoms with Gasteiger partial charge in [0.15, 0.2) is 6.61 Å². The first-order valence-electron chi connectivity index (χ1n) is 7.86. The maximum absolute atomic E-state index is 13.0. The maximum Gasteiger partial charge on any atom is 0.405 e. The lowest BCUT2D eigenvalue weighted by Crippen LogP contribution is -2.36. The van der Waals surface area contributed by atoms with Crippen LogP contribution in [-0.2, 0) is 19.6 Å². The Morgan fingerprint density at radius 1 is 1.00 bits per heavy atom. The number of sulfonamides is 1. The summed E-state index contributed by atoms with van der Waals surface area (Å²) in [6.07, 6.45) is -4.62. The Bertz CT molecular complexity index is 992. The summed E-state index contributed by atoms with van der Waals surface area (Å²) in [6, 6.07) is 9.14. The third kappa shape index (κ3) is 6.75. The molecule has 0 saturated heterocycles. The lowest BCUT2D eigenvalue weighted by molar-refractivity contribution is -0.140. The molecule has 29 heavy (non-hydrogen) atoms. The molecule has 1 amide bonds. The standard InChI is InChI=1S/C17H14F4N2O5S/c18-11-5-7-12(8-6-11)29(26,27)23-14-4-2-1-3-13(14)16(25)28-9-15(24)22-10-17(19,20)21/h1-8,23H,9-10H2,(H,22,24). The fraction of sp³-hybridized carbons (Fsp3) is 0.176. The molecule has 156 valence electrons. The van der Waals surface area contributed by atoms with Crippen LogP contribution in [0.5, 0.6) is 0 Å². The highest BCUT2D eigenvalue weighted by Gasteiger charge is 2.28. The van der Waals surface area contributed by atoms with E-state index < -0.39 is 47.0 Å². The van der Waals surface area contributed by atoms with Gasteiger partial charge in [0.2, 0.25) is 0 Å². The van der Waals surface area contributed by atoms with Gasteiger partial charge in [-0.15, -0.1) is 0 Å². The van der Waals surface area contributed by atoms with Crippen molar-refractivity contribution in [2.45, 2.75) is 11.1 Å². The molecule has 12 heteroatoms. The minimum atomic E-state index is -4.62. The Morgan fingerprint density at radius 3 is 2.24 bits per heavy atom. The third-order valence-corrected chi connectivity index (χ3v) is 4.72. The summed E-state index contributed by atoms with van der Waals surface area (Å²) in [7, 11) is -4.17. The van der Waals surface area contributed by atoms with E-state index in [-0.39, 0.29) is 16.1 Å². The van der Waals surface area contributed by atoms with Gasteiger partial charge in [-0.05, 0) is 36.4 Å². The topological polar surface area (TPSA) is 102 Å². The van der Waals surface area contributed by atoms with Gasteiger partial charge in [-0.3, -0.25) is 9.52 Å². The summed E-state index contributed by atoms with van der Waals surface area (Å²) in [5.41, 5.74) is -0.473. The number of esters is 1. The lowest BCUT2D eigenvalue weighted by atomic mass is 10.2. The van der Waals surface area contributed by atoms with Crippen LogP contribution in [0.25, 0.3) is 0 Å². The Balaban J connectivity index is 2.09. The average molecular weight is 434 g/mol. The van der Waals surface area contributed by atoms with E-state index in [9.17, 15) is 35.6 Å². The molecule has 0 heterocycles. The fourth-order valence-electron chi connectivity index (χ4n) is 2.03. The minimum absolute atomic E-state index is 0.197. The van der Waals surface area contributed by atoms with Crippen molar-refractivity contribution in [2.24, 2.45) is 0 Å². The number of halogens is 4. The first-order chi connectivity index (χ1) is 13.5. The molecule has 0 radical (unpaired) electrons. The van der Waals surface area contributed by atoms with E-state index in [1.165, 1.54) is 29.6 Å². The SMILES string of the molecule is O=C(COC(=O)c1ccccc1NS(=O)(=O)c1ccc(F)cc1)NCC(F)(F)F. The third-order valence-electron chi connectivity index (χ3n) is 3.34. The molecule has 0 bridgehead atoms. The van der Waals surface area contributed by atoms with Crippen LogP contribution in [0.15, 0.2) is 53.4 Å². The van der Waals surface area contributed by atoms with Crippen molar-refractivity contribution in [1.82, 2.24) is 5.32 Å². The van der Waals surface area contributed by atoms with Crippen LogP contribution in [0.4, 0.5) is 23.2 Å². The first kappa shape index (κ1) is 22.1. The smallest absolute Gasteiger partial charge is 0.405 e. The number of amides is 1. The Kier molecular flexibility index (Phi) is 6.80. The van der Waals surface area contributed by atoms with Crippen LogP contribution in [0.3, 0.4) is 0 Å². The predicted molar refractivity (Wildman–Crippen MR) is 93.0 cm³/mol. The molecule has 2 aromatic rings. The first-order valence-corrected chi connectivity index (χ1v) is 9.34. The quantitative estimate of drug-likeness (QED) is 0.515. The highest BCUT2D eigenvalue weighted by molar-refractivity contribution is 7.92. The number of hydrogen-bond acceptors (Lipinski definition) is 5. The number of hydrogen-bond donors (Lipinski definition) is 2. The molecule has 0 atom stereocenters. The van der Waals surface area contributed by atoms with Gasteiger partial charge in [-0.2, -0.15) is 13.2 Å². The van der Waals surface area contributed by atoms with Gasteiger partial charge >= 0.3 is 12.1 Å². The molecular weight excluding hydrogens is 420 g/mol. The molecule has 7 nitrogen and oxygen atoms in total. The van der Waals surface area contributed by atoms with Gasteiger partial charge in [-0.25, -0.2) is 17.6 Å². The molecule has 0 aliphatic carbocycles. The van der Waals surface area contributed by atoms with Gasteiger partial charge in [0.1, 0.15) is 12.4 Å². The summed E-state index contributed by atoms with van der Waals surface area (Å²) in [5, 5.41) is 1.53. The highest BCUT2D eigenvalue weighted by Crippen LogP contribution is 2.21. The second-order valence-electron chi connectivity index (χ2n) is 5.57. The molecule has 2 N–H and O–H groups in total. The van der Waals surface area contributed by atoms with Gasteiger partial charge in [-0.1, -0.05) is 12.1 Å². The number of carbonyl (C=O) groups excluding carboxylic acids is 2. The minimum Gasteiger partial charge on any atom is -0.452 e. The number of nitrogens with one attached hydrogen (secondary N) is 2. The number of alkyl halides is 3. The van der Waals surface area contributed by atoms with E-state index in [2.05, 4.69) is 9.46 Å². The molecule has 0 fully saturated rings. The largest absolute Gasteiger partial charge is 0.452 e. The van der Waals surface area contributed by atoms with Crippen molar-refractivity contribution in [2.75, 3.05) is 17.9 Å². The molecule has 0 aliphatic rings. The van der Waals surface area contributed by atoms with Crippen molar-refractivity contribution >= 4 is 27.6 Å². The molecule has 2 aromatic carbocycles. The van der Waals surface area contributed by atoms with Crippen LogP contribution in [0.1, 0.15) is 10.4 Å². The Hall–Kier alpha value is -3.15. The number of rotatable bonds is 7. The summed E-state index contributed by atoms with van der Waals surface area (Å²) in [6.45, 7) is -2.58. The van der Waals surface area contributed by atoms with E-state index in [0.29, 0.717) is 0 Å². The van der Waals surface area contributed by atoms with Crippen LogP contribution >= 0.6 is 0 Å². The molecule has 0 aliphatic heterocycles. The van der Waals surface area contributed by atoms with Gasteiger partial charge < -0.3 is 10.1 Å². The average Bonchev–Trinajstić information content (AvgIpc) is 2.64. The number of carbonyl (C=O) groups is 2. The zero-order valence-corrected chi connectivity index (χ0v) is 15.3. The second-order valence-corrected chi connectivity index (χ2v) is 7.26. The van der Waals surface area contributed by atoms with Crippen molar-refractivity contribution < 1.29 is 40.3 Å². The van der Waals surface area contributed by atoms with Crippen molar-refractivity contribution in [3.8, 4) is 0 Å². The maximum atomic E-state index is 13.0. The van der Waals surface area contributed by atoms with Crippen LogP contribution in [0.2, 0.25) is 0 Å². The van der Waals surface area contributed by atoms with Gasteiger partial charge in [0, 0.05) is 0 Å². The molecule has 0 aromatic heterocycles. The monoisotopic (exact) mass is 434 g/mol. The molecule has 0 saturated carbocycles. The summed E-state index contributed by atoms with van der Waals surface area (Å²) in [4.78, 5) is 23.2. The molecule has 0 spiro atoms. The summed E-state index contributed by atoms with van der Waals surface area (Å²) in [5.74, 6) is -2.96. The summed E-state index contributed by atoms with van der Waals surface area (Å²) >= 11 is 0. The van der Waals surface area contributed by atoms with Crippen molar-refractivity contribution in [1.29, 1.82) is 0 Å². The highest BCUT2D eigenvalue weighted by atomic mass is 32.2. The zero-order valence-electron chi connectivity index (χ0n) is 14.5. The zero-order chi connectivity index (χ0) is 21.7. The van der Waals surface area contributed by atoms with E-state index in [0.717, 1.165) is 24.3 Å². The lowest BCUT2D eigenvalue weighted by Gasteiger charge is -2.13. The Morgan fingerprint density at radius 2 is 1.62 bits per heavy atom. The summed E-state index contributed by atoms with van der Waals surface area (Å²) < 4.78 is 80.6. The number of ether oxygens (including phenoxy) is 1. The molecule has 0 unspecified atom stereocenters. The van der Waals surface area contributed by atoms with Crippen LogP contribution < -0.4 is 10.0 Å². The second kappa shape index (κ2) is 8.90. The Labute approximate surface area is 162 Å². The van der Waals surface area contributed by atoms with Crippen molar-refractivity contribution in [3.63, 3.8) is 0 Å². The number of benzene rings is 2. The number of para-hydroxylation sites is 1. The van der Waals surface area contributed by atoms with E-state index in [1.807, 2.05) is 0 Å². The van der Waals surface area contributed by atoms with Gasteiger partial charge in [0.05, 0.1) is 16.1 Å². The van der Waals surface area contributed by atoms with E-state index >= 15 is 0 Å². The molecule has 2 rings (SSSR count). The van der Waals surface area contributed by atoms with Gasteiger partial charge in [0.25, 0.3) is 15.9 Å². The van der Waals surface area contributed by atoms with Crippen LogP contribution in [-0.4, -0.2) is 39.6 Å². The normalized spacial score (nSPS) is 11.6. The fourth-order valence-corrected chi connectivity index (χ4v) is 3.11. The van der Waals surface area contributed by atoms with Crippen molar-refractivity contribution in [3.05, 3.63) is 59.9 Å².